The van der Waals surface area contributed by atoms with Gasteiger partial charge in [-0.2, -0.15) is 4.98 Å². The number of hydrogen-bond donors (Lipinski definition) is 0. The fourth-order valence-corrected chi connectivity index (χ4v) is 2.37. The molecule has 1 aliphatic heterocycles. The number of pyridine rings is 1. The molecule has 0 unspecified atom stereocenters. The number of aryl methyl sites for hydroxylation is 1. The fourth-order valence-electron chi connectivity index (χ4n) is 2.37. The summed E-state index contributed by atoms with van der Waals surface area (Å²) in [4.78, 5) is 26.8. The minimum atomic E-state index is -0.271. The smallest absolute Gasteiger partial charge is 0.341 e. The van der Waals surface area contributed by atoms with Crippen LogP contribution in [0.3, 0.4) is 0 Å². The highest BCUT2D eigenvalue weighted by Crippen LogP contribution is 2.13. The molecule has 1 aliphatic rings. The van der Waals surface area contributed by atoms with Crippen molar-refractivity contribution in [1.82, 2.24) is 19.5 Å². The van der Waals surface area contributed by atoms with Gasteiger partial charge in [-0.15, -0.1) is 0 Å². The molecule has 1 saturated heterocycles. The Labute approximate surface area is 117 Å². The van der Waals surface area contributed by atoms with Crippen LogP contribution < -0.4 is 10.6 Å². The highest BCUT2D eigenvalue weighted by atomic mass is 16.1. The lowest BCUT2D eigenvalue weighted by Crippen LogP contribution is -2.29. The second-order valence-corrected chi connectivity index (χ2v) is 5.03. The van der Waals surface area contributed by atoms with Gasteiger partial charge in [-0.3, -0.25) is 9.55 Å². The topological polar surface area (TPSA) is 63.9 Å². The van der Waals surface area contributed by atoms with Gasteiger partial charge in [0.2, 0.25) is 5.95 Å². The zero-order valence-corrected chi connectivity index (χ0v) is 11.5. The van der Waals surface area contributed by atoms with Crippen LogP contribution in [0.4, 0.5) is 5.95 Å². The van der Waals surface area contributed by atoms with Crippen molar-refractivity contribution < 1.29 is 0 Å². The molecule has 2 aromatic heterocycles. The molecule has 3 rings (SSSR count). The first-order valence-electron chi connectivity index (χ1n) is 6.83. The van der Waals surface area contributed by atoms with Gasteiger partial charge in [-0.1, -0.05) is 6.07 Å². The molecule has 3 heterocycles. The molecule has 0 atom stereocenters. The molecule has 0 aromatic carbocycles. The first kappa shape index (κ1) is 12.8. The van der Waals surface area contributed by atoms with Gasteiger partial charge in [0.25, 0.3) is 0 Å². The maximum absolute atomic E-state index is 12.1. The lowest BCUT2D eigenvalue weighted by molar-refractivity contribution is 0.675. The highest BCUT2D eigenvalue weighted by Gasteiger charge is 2.15. The SMILES string of the molecule is Cc1cccnc1Cn1cnc(N2CCCC2)nc1=O. The van der Waals surface area contributed by atoms with E-state index in [0.717, 1.165) is 37.2 Å². The average molecular weight is 271 g/mol. The van der Waals surface area contributed by atoms with E-state index in [2.05, 4.69) is 19.9 Å². The molecule has 0 aliphatic carbocycles. The number of nitrogens with zero attached hydrogens (tertiary/aromatic N) is 5. The quantitative estimate of drug-likeness (QED) is 0.833. The second kappa shape index (κ2) is 5.40. The standard InChI is InChI=1S/C14H17N5O/c1-11-5-4-6-15-12(11)9-19-10-16-13(17-14(19)20)18-7-2-3-8-18/h4-6,10H,2-3,7-9H2,1H3. The molecular weight excluding hydrogens is 254 g/mol. The van der Waals surface area contributed by atoms with Crippen molar-refractivity contribution >= 4 is 5.95 Å². The predicted octanol–water partition coefficient (Wildman–Crippen LogP) is 0.990. The van der Waals surface area contributed by atoms with Gasteiger partial charge < -0.3 is 4.90 Å². The van der Waals surface area contributed by atoms with Crippen LogP contribution in [-0.2, 0) is 6.54 Å². The lowest BCUT2D eigenvalue weighted by Gasteiger charge is -2.14. The molecule has 0 radical (unpaired) electrons. The highest BCUT2D eigenvalue weighted by molar-refractivity contribution is 5.28. The van der Waals surface area contributed by atoms with Crippen molar-refractivity contribution in [3.05, 3.63) is 46.4 Å². The molecule has 0 N–H and O–H groups in total. The third kappa shape index (κ3) is 2.54. The summed E-state index contributed by atoms with van der Waals surface area (Å²) in [6, 6.07) is 3.86. The number of anilines is 1. The summed E-state index contributed by atoms with van der Waals surface area (Å²) in [5.41, 5.74) is 1.65. The van der Waals surface area contributed by atoms with E-state index in [1.165, 1.54) is 4.57 Å². The van der Waals surface area contributed by atoms with Crippen LogP contribution in [-0.4, -0.2) is 32.6 Å². The zero-order chi connectivity index (χ0) is 13.9. The zero-order valence-electron chi connectivity index (χ0n) is 11.5. The van der Waals surface area contributed by atoms with Crippen molar-refractivity contribution in [2.75, 3.05) is 18.0 Å². The van der Waals surface area contributed by atoms with Crippen LogP contribution in [0.1, 0.15) is 24.1 Å². The Morgan fingerprint density at radius 1 is 1.25 bits per heavy atom. The average Bonchev–Trinajstić information content (AvgIpc) is 2.97. The first-order chi connectivity index (χ1) is 9.74. The Kier molecular flexibility index (Phi) is 3.45. The minimum Gasteiger partial charge on any atom is -0.341 e. The predicted molar refractivity (Wildman–Crippen MR) is 75.8 cm³/mol. The maximum Gasteiger partial charge on any atom is 0.352 e. The van der Waals surface area contributed by atoms with Gasteiger partial charge >= 0.3 is 5.69 Å². The number of hydrogen-bond acceptors (Lipinski definition) is 5. The molecule has 2 aromatic rings. The van der Waals surface area contributed by atoms with Crippen molar-refractivity contribution in [3.63, 3.8) is 0 Å². The van der Waals surface area contributed by atoms with E-state index < -0.39 is 0 Å². The van der Waals surface area contributed by atoms with Gasteiger partial charge in [0.15, 0.2) is 0 Å². The van der Waals surface area contributed by atoms with Crippen LogP contribution in [0.2, 0.25) is 0 Å². The van der Waals surface area contributed by atoms with Crippen LogP contribution in [0.25, 0.3) is 0 Å². The molecule has 0 bridgehead atoms. The van der Waals surface area contributed by atoms with Gasteiger partial charge in [0.05, 0.1) is 12.2 Å². The molecule has 6 nitrogen and oxygen atoms in total. The summed E-state index contributed by atoms with van der Waals surface area (Å²) in [6.45, 7) is 4.25. The summed E-state index contributed by atoms with van der Waals surface area (Å²) in [5, 5.41) is 0. The molecule has 6 heteroatoms. The summed E-state index contributed by atoms with van der Waals surface area (Å²) >= 11 is 0. The van der Waals surface area contributed by atoms with Crippen LogP contribution >= 0.6 is 0 Å². The minimum absolute atomic E-state index is 0.271. The molecule has 0 amide bonds. The van der Waals surface area contributed by atoms with Crippen LogP contribution in [0, 0.1) is 6.92 Å². The molecule has 1 fully saturated rings. The van der Waals surface area contributed by atoms with Crippen molar-refractivity contribution in [2.45, 2.75) is 26.3 Å². The Morgan fingerprint density at radius 2 is 2.05 bits per heavy atom. The molecule has 0 spiro atoms. The van der Waals surface area contributed by atoms with Gasteiger partial charge in [0.1, 0.15) is 6.33 Å². The van der Waals surface area contributed by atoms with Gasteiger partial charge in [0, 0.05) is 19.3 Å². The van der Waals surface area contributed by atoms with E-state index in [1.54, 1.807) is 12.5 Å². The molecule has 0 saturated carbocycles. The van der Waals surface area contributed by atoms with Crippen LogP contribution in [0.5, 0.6) is 0 Å². The third-order valence-electron chi connectivity index (χ3n) is 3.58. The maximum atomic E-state index is 12.1. The Bertz CT molecular complexity index is 661. The summed E-state index contributed by atoms with van der Waals surface area (Å²) < 4.78 is 1.49. The van der Waals surface area contributed by atoms with Crippen molar-refractivity contribution in [1.29, 1.82) is 0 Å². The van der Waals surface area contributed by atoms with E-state index in [4.69, 9.17) is 0 Å². The summed E-state index contributed by atoms with van der Waals surface area (Å²) in [6.07, 6.45) is 5.57. The summed E-state index contributed by atoms with van der Waals surface area (Å²) in [5.74, 6) is 0.543. The normalized spacial score (nSPS) is 14.8. The Balaban J connectivity index is 1.84. The largest absolute Gasteiger partial charge is 0.352 e. The van der Waals surface area contributed by atoms with Crippen molar-refractivity contribution in [3.8, 4) is 0 Å². The number of aromatic nitrogens is 4. The van der Waals surface area contributed by atoms with Gasteiger partial charge in [-0.05, 0) is 31.4 Å². The summed E-state index contributed by atoms with van der Waals surface area (Å²) in [7, 11) is 0. The Hall–Kier alpha value is -2.24. The molecule has 104 valence electrons. The monoisotopic (exact) mass is 271 g/mol. The van der Waals surface area contributed by atoms with Crippen LogP contribution in [0.15, 0.2) is 29.5 Å². The Morgan fingerprint density at radius 3 is 2.75 bits per heavy atom. The van der Waals surface area contributed by atoms with E-state index in [0.29, 0.717) is 12.5 Å². The lowest BCUT2D eigenvalue weighted by atomic mass is 10.2. The van der Waals surface area contributed by atoms with E-state index in [-0.39, 0.29) is 5.69 Å². The molecular formula is C14H17N5O. The van der Waals surface area contributed by atoms with E-state index in [9.17, 15) is 4.79 Å². The van der Waals surface area contributed by atoms with E-state index >= 15 is 0 Å². The number of rotatable bonds is 3. The second-order valence-electron chi connectivity index (χ2n) is 5.03. The molecule has 20 heavy (non-hydrogen) atoms. The van der Waals surface area contributed by atoms with Crippen molar-refractivity contribution in [2.24, 2.45) is 0 Å². The fraction of sp³-hybridized carbons (Fsp3) is 0.429. The first-order valence-corrected chi connectivity index (χ1v) is 6.83. The van der Waals surface area contributed by atoms with E-state index in [1.807, 2.05) is 19.1 Å². The third-order valence-corrected chi connectivity index (χ3v) is 3.58. The van der Waals surface area contributed by atoms with Gasteiger partial charge in [-0.25, -0.2) is 9.78 Å².